The van der Waals surface area contributed by atoms with Gasteiger partial charge in [0.15, 0.2) is 5.13 Å². The third-order valence-electron chi connectivity index (χ3n) is 2.85. The lowest BCUT2D eigenvalue weighted by Gasteiger charge is -2.16. The van der Waals surface area contributed by atoms with E-state index in [4.69, 9.17) is 17.3 Å². The molecule has 1 aliphatic heterocycles. The molecule has 1 aromatic heterocycles. The maximum absolute atomic E-state index is 12.1. The summed E-state index contributed by atoms with van der Waals surface area (Å²) in [7, 11) is 0. The van der Waals surface area contributed by atoms with E-state index in [2.05, 4.69) is 10.3 Å². The van der Waals surface area contributed by atoms with E-state index in [0.29, 0.717) is 23.2 Å². The van der Waals surface area contributed by atoms with Crippen LogP contribution in [-0.2, 0) is 13.1 Å². The third-order valence-corrected chi connectivity index (χ3v) is 4.02. The van der Waals surface area contributed by atoms with E-state index in [-0.39, 0.29) is 6.03 Å². The van der Waals surface area contributed by atoms with Crippen molar-refractivity contribution in [1.29, 1.82) is 0 Å². The molecule has 0 spiro atoms. The van der Waals surface area contributed by atoms with Crippen LogP contribution in [0, 0.1) is 0 Å². The minimum absolute atomic E-state index is 0.147. The molecule has 7 heteroatoms. The molecule has 0 saturated heterocycles. The minimum Gasteiger partial charge on any atom is -0.375 e. The molecule has 5 nitrogen and oxygen atoms in total. The standard InChI is InChI=1S/C12H11ClN4OS/c13-7-1-3-8(4-2-7)15-12(18)17-5-9-10(6-17)19-11(14)16-9/h1-4H,5-6H2,(H2,14,16)(H,15,18). The number of nitrogen functional groups attached to an aromatic ring is 1. The Labute approximate surface area is 119 Å². The first kappa shape index (κ1) is 12.3. The zero-order valence-corrected chi connectivity index (χ0v) is 11.5. The summed E-state index contributed by atoms with van der Waals surface area (Å²) in [5.74, 6) is 0. The highest BCUT2D eigenvalue weighted by molar-refractivity contribution is 7.15. The van der Waals surface area contributed by atoms with Gasteiger partial charge in [-0.1, -0.05) is 11.6 Å². The van der Waals surface area contributed by atoms with Gasteiger partial charge >= 0.3 is 6.03 Å². The fraction of sp³-hybridized carbons (Fsp3) is 0.167. The van der Waals surface area contributed by atoms with Crippen LogP contribution in [-0.4, -0.2) is 15.9 Å². The van der Waals surface area contributed by atoms with E-state index in [1.807, 2.05) is 0 Å². The molecule has 3 N–H and O–H groups in total. The number of nitrogens with zero attached hydrogens (tertiary/aromatic N) is 2. The second kappa shape index (κ2) is 4.71. The summed E-state index contributed by atoms with van der Waals surface area (Å²) in [6, 6.07) is 6.86. The predicted molar refractivity (Wildman–Crippen MR) is 76.2 cm³/mol. The zero-order chi connectivity index (χ0) is 13.4. The molecule has 19 heavy (non-hydrogen) atoms. The summed E-state index contributed by atoms with van der Waals surface area (Å²) in [6.45, 7) is 1.06. The number of aromatic nitrogens is 1. The molecule has 0 radical (unpaired) electrons. The number of rotatable bonds is 1. The first-order valence-corrected chi connectivity index (χ1v) is 6.87. The summed E-state index contributed by atoms with van der Waals surface area (Å²) in [6.07, 6.45) is 0. The number of carbonyl (C=O) groups excluding carboxylic acids is 1. The number of nitrogens with one attached hydrogen (secondary N) is 1. The average Bonchev–Trinajstić information content (AvgIpc) is 2.89. The maximum atomic E-state index is 12.1. The number of hydrogen-bond acceptors (Lipinski definition) is 4. The van der Waals surface area contributed by atoms with E-state index in [1.165, 1.54) is 11.3 Å². The molecule has 0 aliphatic carbocycles. The number of hydrogen-bond donors (Lipinski definition) is 2. The molecule has 0 saturated carbocycles. The lowest BCUT2D eigenvalue weighted by atomic mass is 10.3. The maximum Gasteiger partial charge on any atom is 0.322 e. The van der Waals surface area contributed by atoms with Gasteiger partial charge in [-0.3, -0.25) is 0 Å². The van der Waals surface area contributed by atoms with Crippen LogP contribution < -0.4 is 11.1 Å². The number of urea groups is 1. The van der Waals surface area contributed by atoms with Crippen molar-refractivity contribution in [1.82, 2.24) is 9.88 Å². The van der Waals surface area contributed by atoms with Crippen LogP contribution >= 0.6 is 22.9 Å². The number of carbonyl (C=O) groups is 1. The highest BCUT2D eigenvalue weighted by atomic mass is 35.5. The largest absolute Gasteiger partial charge is 0.375 e. The molecule has 2 amide bonds. The Balaban J connectivity index is 1.66. The molecule has 1 aliphatic rings. The number of anilines is 2. The van der Waals surface area contributed by atoms with Gasteiger partial charge in [-0.15, -0.1) is 11.3 Å². The SMILES string of the molecule is Nc1nc2c(s1)CN(C(=O)Nc1ccc(Cl)cc1)C2. The fourth-order valence-corrected chi connectivity index (χ4v) is 2.92. The van der Waals surface area contributed by atoms with E-state index >= 15 is 0 Å². The smallest absolute Gasteiger partial charge is 0.322 e. The summed E-state index contributed by atoms with van der Waals surface area (Å²) in [5.41, 5.74) is 7.24. The van der Waals surface area contributed by atoms with Gasteiger partial charge in [0.25, 0.3) is 0 Å². The van der Waals surface area contributed by atoms with Gasteiger partial charge in [0.05, 0.1) is 23.7 Å². The Kier molecular flexibility index (Phi) is 3.04. The third kappa shape index (κ3) is 2.50. The zero-order valence-electron chi connectivity index (χ0n) is 9.89. The summed E-state index contributed by atoms with van der Waals surface area (Å²) in [4.78, 5) is 19.0. The van der Waals surface area contributed by atoms with Gasteiger partial charge in [0.2, 0.25) is 0 Å². The van der Waals surface area contributed by atoms with Gasteiger partial charge < -0.3 is 16.0 Å². The molecular weight excluding hydrogens is 284 g/mol. The molecule has 0 unspecified atom stereocenters. The minimum atomic E-state index is -0.147. The van der Waals surface area contributed by atoms with Crippen molar-refractivity contribution in [3.8, 4) is 0 Å². The van der Waals surface area contributed by atoms with Crippen molar-refractivity contribution in [3.05, 3.63) is 39.9 Å². The Morgan fingerprint density at radius 2 is 2.11 bits per heavy atom. The Hall–Kier alpha value is -1.79. The van der Waals surface area contributed by atoms with Crippen LogP contribution in [0.4, 0.5) is 15.6 Å². The molecule has 98 valence electrons. The van der Waals surface area contributed by atoms with Crippen molar-refractivity contribution >= 4 is 39.8 Å². The number of amides is 2. The molecule has 0 atom stereocenters. The van der Waals surface area contributed by atoms with Gasteiger partial charge in [0.1, 0.15) is 0 Å². The Morgan fingerprint density at radius 3 is 2.79 bits per heavy atom. The Morgan fingerprint density at radius 1 is 1.37 bits per heavy atom. The molecule has 3 rings (SSSR count). The first-order valence-electron chi connectivity index (χ1n) is 5.67. The van der Waals surface area contributed by atoms with Gasteiger partial charge in [-0.05, 0) is 24.3 Å². The first-order chi connectivity index (χ1) is 9.11. The van der Waals surface area contributed by atoms with Gasteiger partial charge in [-0.2, -0.15) is 0 Å². The normalized spacial score (nSPS) is 13.4. The number of fused-ring (bicyclic) bond motifs is 1. The van der Waals surface area contributed by atoms with Crippen LogP contribution in [0.5, 0.6) is 0 Å². The summed E-state index contributed by atoms with van der Waals surface area (Å²) >= 11 is 7.23. The molecule has 1 aromatic carbocycles. The quantitative estimate of drug-likeness (QED) is 0.849. The number of thiazole rings is 1. The van der Waals surface area contributed by atoms with E-state index in [9.17, 15) is 4.79 Å². The van der Waals surface area contributed by atoms with Crippen LogP contribution in [0.1, 0.15) is 10.6 Å². The highest BCUT2D eigenvalue weighted by Crippen LogP contribution is 2.29. The van der Waals surface area contributed by atoms with Gasteiger partial charge in [0, 0.05) is 10.7 Å². The topological polar surface area (TPSA) is 71.2 Å². The van der Waals surface area contributed by atoms with E-state index < -0.39 is 0 Å². The van der Waals surface area contributed by atoms with Crippen molar-refractivity contribution in [2.75, 3.05) is 11.1 Å². The average molecular weight is 295 g/mol. The van der Waals surface area contributed by atoms with Crippen molar-refractivity contribution in [2.24, 2.45) is 0 Å². The summed E-state index contributed by atoms with van der Waals surface area (Å²) < 4.78 is 0. The fourth-order valence-electron chi connectivity index (χ4n) is 1.94. The van der Waals surface area contributed by atoms with Crippen molar-refractivity contribution in [2.45, 2.75) is 13.1 Å². The van der Waals surface area contributed by atoms with Crippen LogP contribution in [0.15, 0.2) is 24.3 Å². The Bertz CT molecular complexity index is 602. The molecular formula is C12H11ClN4OS. The number of halogens is 1. The summed E-state index contributed by atoms with van der Waals surface area (Å²) in [5, 5.41) is 4.02. The lowest BCUT2D eigenvalue weighted by Crippen LogP contribution is -2.30. The second-order valence-electron chi connectivity index (χ2n) is 4.22. The van der Waals surface area contributed by atoms with Crippen LogP contribution in [0.2, 0.25) is 5.02 Å². The lowest BCUT2D eigenvalue weighted by molar-refractivity contribution is 0.212. The predicted octanol–water partition coefficient (Wildman–Crippen LogP) is 2.93. The second-order valence-corrected chi connectivity index (χ2v) is 5.77. The number of nitrogens with two attached hydrogens (primary N) is 1. The van der Waals surface area contributed by atoms with Crippen LogP contribution in [0.3, 0.4) is 0 Å². The molecule has 0 fully saturated rings. The van der Waals surface area contributed by atoms with Gasteiger partial charge in [-0.25, -0.2) is 9.78 Å². The van der Waals surface area contributed by atoms with Crippen LogP contribution in [0.25, 0.3) is 0 Å². The monoisotopic (exact) mass is 294 g/mol. The molecule has 2 heterocycles. The molecule has 2 aromatic rings. The highest BCUT2D eigenvalue weighted by Gasteiger charge is 2.26. The van der Waals surface area contributed by atoms with Crippen molar-refractivity contribution in [3.63, 3.8) is 0 Å². The number of benzene rings is 1. The molecule has 0 bridgehead atoms. The van der Waals surface area contributed by atoms with Crippen molar-refractivity contribution < 1.29 is 4.79 Å². The van der Waals surface area contributed by atoms with E-state index in [0.717, 1.165) is 16.3 Å². The van der Waals surface area contributed by atoms with E-state index in [1.54, 1.807) is 29.2 Å².